The van der Waals surface area contributed by atoms with Crippen molar-refractivity contribution in [1.82, 2.24) is 10.6 Å². The van der Waals surface area contributed by atoms with Crippen molar-refractivity contribution in [2.24, 2.45) is 16.1 Å². The number of hydrogen-bond donors (Lipinski definition) is 4. The van der Waals surface area contributed by atoms with Crippen LogP contribution in [0.2, 0.25) is 0 Å². The first-order chi connectivity index (χ1) is 48.6. The van der Waals surface area contributed by atoms with E-state index in [-0.39, 0.29) is 38.4 Å². The van der Waals surface area contributed by atoms with Gasteiger partial charge in [0.05, 0.1) is 36.1 Å². The average molecular weight is 1470 g/mol. The standard InChI is InChI=1S/C70H108N6O27/c1-18-75(40-27-23-38(24-28-40)73-74-39-25-29-41(30-26-39)76(81)82)31-33-87-32-21-19-20-22-42(59(79)71-34-43-51-53(98-67(6,7)96-51)47(77)61(90-43)92-49(45-36-88-65(2,3)94-45)55-57(63(83-14)84-15)102-69(10,11)100-55)60(80)72-35-44-52-54(99-68(8,9)97-52)48(78)62(91-44)93-50(46-37-89-66(4,5)95-46)56-58(64(85-16)86-17)103-70(12,13)101-56/h23-30,42-58,61-64,77-78H,18-22,31-37H2,1-17H3,(H,71,79)(H,72,80)/t43-,44-,45-,46-,47-,48-,49-,50-,51+,52+,53-,54-,55+,56+,57-,58-,61+,62+/m1/s1. The van der Waals surface area contributed by atoms with E-state index in [1.54, 1.807) is 83.1 Å². The van der Waals surface area contributed by atoms with E-state index in [1.807, 2.05) is 31.2 Å². The minimum absolute atomic E-state index is 0.0321. The van der Waals surface area contributed by atoms with Crippen LogP contribution in [-0.2, 0) is 109 Å². The summed E-state index contributed by atoms with van der Waals surface area (Å²) in [6.07, 6.45) is -19.3. The van der Waals surface area contributed by atoms with Crippen LogP contribution in [0.5, 0.6) is 0 Å². The molecule has 10 rings (SSSR count). The third kappa shape index (κ3) is 20.2. The molecule has 8 aliphatic heterocycles. The normalized spacial score (nSPS) is 33.0. The summed E-state index contributed by atoms with van der Waals surface area (Å²) >= 11 is 0. The van der Waals surface area contributed by atoms with E-state index < -0.39 is 180 Å². The van der Waals surface area contributed by atoms with Gasteiger partial charge in [-0.2, -0.15) is 10.2 Å². The molecule has 2 aromatic carbocycles. The van der Waals surface area contributed by atoms with Crippen molar-refractivity contribution < 1.29 is 124 Å². The van der Waals surface area contributed by atoms with Crippen LogP contribution >= 0.6 is 0 Å². The molecule has 8 saturated heterocycles. The van der Waals surface area contributed by atoms with Crippen molar-refractivity contribution in [2.75, 3.05) is 85.9 Å². The molecule has 4 N–H and O–H groups in total. The molecule has 0 saturated carbocycles. The van der Waals surface area contributed by atoms with Gasteiger partial charge in [0.2, 0.25) is 11.8 Å². The number of methoxy groups -OCH3 is 4. The van der Waals surface area contributed by atoms with E-state index in [0.717, 1.165) is 5.69 Å². The first kappa shape index (κ1) is 80.8. The number of carbonyl (C=O) groups is 2. The molecule has 0 radical (unpaired) electrons. The number of nitro groups is 1. The molecule has 0 bridgehead atoms. The Morgan fingerprint density at radius 1 is 0.553 bits per heavy atom. The predicted octanol–water partition coefficient (Wildman–Crippen LogP) is 5.83. The lowest BCUT2D eigenvalue weighted by Gasteiger charge is -2.43. The Bertz CT molecular complexity index is 2990. The van der Waals surface area contributed by atoms with Gasteiger partial charge < -0.3 is 125 Å². The fraction of sp³-hybridized carbons (Fsp3) is 0.800. The van der Waals surface area contributed by atoms with Crippen molar-refractivity contribution in [3.05, 3.63) is 58.6 Å². The summed E-state index contributed by atoms with van der Waals surface area (Å²) in [5, 5.41) is 49.9. The second-order valence-electron chi connectivity index (χ2n) is 29.5. The molecule has 8 aliphatic rings. The number of rotatable bonds is 34. The second kappa shape index (κ2) is 33.8. The van der Waals surface area contributed by atoms with E-state index >= 15 is 9.59 Å². The monoisotopic (exact) mass is 1460 g/mol. The van der Waals surface area contributed by atoms with Crippen LogP contribution < -0.4 is 15.5 Å². The zero-order valence-electron chi connectivity index (χ0n) is 62.1. The van der Waals surface area contributed by atoms with Gasteiger partial charge in [-0.1, -0.05) is 12.8 Å². The van der Waals surface area contributed by atoms with E-state index in [2.05, 4.69) is 25.8 Å². The highest BCUT2D eigenvalue weighted by atomic mass is 16.8. The quantitative estimate of drug-likeness (QED) is 0.0160. The van der Waals surface area contributed by atoms with Gasteiger partial charge >= 0.3 is 0 Å². The Balaban J connectivity index is 0.839. The summed E-state index contributed by atoms with van der Waals surface area (Å²) in [5.41, 5.74) is 2.01. The van der Waals surface area contributed by atoms with Gasteiger partial charge in [-0.25, -0.2) is 0 Å². The number of ether oxygens (including phenoxy) is 21. The summed E-state index contributed by atoms with van der Waals surface area (Å²) in [6.45, 7) is 24.6. The topological polar surface area (TPSA) is 364 Å². The number of non-ortho nitro benzene ring substituents is 1. The van der Waals surface area contributed by atoms with E-state index in [9.17, 15) is 20.3 Å². The Labute approximate surface area is 601 Å². The summed E-state index contributed by atoms with van der Waals surface area (Å²) in [5.74, 6) is -9.38. The highest BCUT2D eigenvalue weighted by molar-refractivity contribution is 6.00. The van der Waals surface area contributed by atoms with E-state index in [4.69, 9.17) is 99.5 Å². The lowest BCUT2D eigenvalue weighted by atomic mass is 9.96. The molecule has 2 aromatic rings. The molecule has 33 nitrogen and oxygen atoms in total. The molecule has 33 heteroatoms. The number of azo groups is 1. The van der Waals surface area contributed by atoms with Gasteiger partial charge in [-0.3, -0.25) is 19.7 Å². The van der Waals surface area contributed by atoms with Gasteiger partial charge in [-0.05, 0) is 139 Å². The number of aliphatic hydroxyl groups is 2. The zero-order chi connectivity index (χ0) is 74.6. The van der Waals surface area contributed by atoms with Crippen LogP contribution in [0.1, 0.15) is 116 Å². The minimum atomic E-state index is -1.45. The van der Waals surface area contributed by atoms with Crippen LogP contribution in [0.4, 0.5) is 22.7 Å². The lowest BCUT2D eigenvalue weighted by molar-refractivity contribution is -0.384. The maximum Gasteiger partial charge on any atom is 0.269 e. The van der Waals surface area contributed by atoms with Crippen LogP contribution in [-0.4, -0.2) is 266 Å². The first-order valence-corrected chi connectivity index (χ1v) is 35.4. The predicted molar refractivity (Wildman–Crippen MR) is 360 cm³/mol. The lowest BCUT2D eigenvalue weighted by Crippen LogP contribution is -2.62. The molecule has 0 aromatic heterocycles. The largest absolute Gasteiger partial charge is 0.385 e. The van der Waals surface area contributed by atoms with Crippen LogP contribution in [0.3, 0.4) is 0 Å². The van der Waals surface area contributed by atoms with Gasteiger partial charge in [0.25, 0.3) is 5.69 Å². The van der Waals surface area contributed by atoms with Crippen LogP contribution in [0.25, 0.3) is 0 Å². The molecule has 0 spiro atoms. The maximum absolute atomic E-state index is 15.0. The van der Waals surface area contributed by atoms with Crippen LogP contribution in [0, 0.1) is 16.0 Å². The molecule has 8 fully saturated rings. The number of aliphatic hydroxyl groups excluding tert-OH is 2. The van der Waals surface area contributed by atoms with Gasteiger partial charge in [0, 0.05) is 79.0 Å². The smallest absolute Gasteiger partial charge is 0.269 e. The van der Waals surface area contributed by atoms with E-state index in [1.165, 1.54) is 52.7 Å². The summed E-state index contributed by atoms with van der Waals surface area (Å²) in [7, 11) is 5.90. The number of unbranched alkanes of at least 4 members (excludes halogenated alkanes) is 2. The number of hydrogen-bond acceptors (Lipinski definition) is 30. The van der Waals surface area contributed by atoms with Crippen LogP contribution in [0.15, 0.2) is 58.8 Å². The SMILES string of the molecule is CCN(CCOCCCCCC(C(=O)NC[C@H]1O[C@@H](O[C@@H]([C@@H]2OC(C)(C)O[C@H]2C(OC)OC)[C@H]2COC(C)(C)O2)[C@H](O)[C@H]2OC(C)(C)O[C@H]21)C(=O)NC[C@H]1O[C@@H](O[C@@H]([C@@H]2OC(C)(C)O[C@H]2C(OC)OC)[C@H]2COC(C)(C)O2)[C@H](O)[C@H]2OC(C)(C)O[C@H]21)c1ccc(N=Nc2ccc([N+](=O)[O-])cc2)cc1. The summed E-state index contributed by atoms with van der Waals surface area (Å²) < 4.78 is 132. The van der Waals surface area contributed by atoms with Crippen molar-refractivity contribution in [3.8, 4) is 0 Å². The summed E-state index contributed by atoms with van der Waals surface area (Å²) in [4.78, 5) is 42.8. The van der Waals surface area contributed by atoms with E-state index in [0.29, 0.717) is 56.9 Å². The Morgan fingerprint density at radius 3 is 1.36 bits per heavy atom. The molecule has 103 heavy (non-hydrogen) atoms. The Morgan fingerprint density at radius 2 is 0.961 bits per heavy atom. The highest BCUT2D eigenvalue weighted by Crippen LogP contribution is 2.45. The number of anilines is 1. The zero-order valence-corrected chi connectivity index (χ0v) is 62.1. The molecule has 8 heterocycles. The molecule has 0 unspecified atom stereocenters. The molecule has 0 aliphatic carbocycles. The van der Waals surface area contributed by atoms with Crippen molar-refractivity contribution in [1.29, 1.82) is 0 Å². The number of carbonyl (C=O) groups excluding carboxylic acids is 2. The van der Waals surface area contributed by atoms with Gasteiger partial charge in [0.1, 0.15) is 104 Å². The third-order valence-electron chi connectivity index (χ3n) is 19.0. The number of nitrogens with one attached hydrogen (secondary N) is 2. The molecule has 580 valence electrons. The number of amides is 2. The van der Waals surface area contributed by atoms with Gasteiger partial charge in [-0.15, -0.1) is 0 Å². The molecular weight excluding hydrogens is 1360 g/mol. The number of benzene rings is 2. The number of likely N-dealkylation sites (N-methyl/N-ethyl adjacent to an activating group) is 1. The first-order valence-electron chi connectivity index (χ1n) is 35.4. The number of nitrogens with zero attached hydrogens (tertiary/aromatic N) is 4. The average Bonchev–Trinajstić information content (AvgIpc) is 1.66. The number of nitro benzene ring substituents is 1. The highest BCUT2D eigenvalue weighted by Gasteiger charge is 2.62. The summed E-state index contributed by atoms with van der Waals surface area (Å²) in [6, 6.07) is 13.4. The fourth-order valence-electron chi connectivity index (χ4n) is 14.4. The Hall–Kier alpha value is -4.74. The Kier molecular flexibility index (Phi) is 26.5. The second-order valence-corrected chi connectivity index (χ2v) is 29.5. The maximum atomic E-state index is 15.0. The number of fused-ring (bicyclic) bond motifs is 2. The molecule has 18 atom stereocenters. The third-order valence-corrected chi connectivity index (χ3v) is 19.0. The van der Waals surface area contributed by atoms with Crippen molar-refractivity contribution in [3.63, 3.8) is 0 Å². The molecule has 2 amide bonds. The fourth-order valence-corrected chi connectivity index (χ4v) is 14.4. The molecular formula is C70H108N6O27. The minimum Gasteiger partial charge on any atom is -0.385 e. The van der Waals surface area contributed by atoms with Crippen molar-refractivity contribution in [2.45, 2.75) is 273 Å². The van der Waals surface area contributed by atoms with Crippen molar-refractivity contribution >= 4 is 34.6 Å². The van der Waals surface area contributed by atoms with Gasteiger partial charge in [0.15, 0.2) is 59.9 Å².